The fraction of sp³-hybridized carbons (Fsp3) is 0.333. The van der Waals surface area contributed by atoms with Gasteiger partial charge in [-0.1, -0.05) is 37.0 Å². The van der Waals surface area contributed by atoms with Crippen molar-refractivity contribution in [2.45, 2.75) is 26.4 Å². The molecule has 0 amide bonds. The Morgan fingerprint density at radius 1 is 1.26 bits per heavy atom. The molecule has 0 unspecified atom stereocenters. The molecule has 0 aliphatic rings. The van der Waals surface area contributed by atoms with Gasteiger partial charge < -0.3 is 0 Å². The minimum absolute atomic E-state index is 0.118. The summed E-state index contributed by atoms with van der Waals surface area (Å²) in [6.07, 6.45) is -2.37. The summed E-state index contributed by atoms with van der Waals surface area (Å²) in [5.41, 5.74) is 0.0689. The second-order valence-corrected chi connectivity index (χ2v) is 6.26. The van der Waals surface area contributed by atoms with Crippen molar-refractivity contribution < 1.29 is 13.2 Å². The molecule has 0 atom stereocenters. The Balaban J connectivity index is 2.55. The monoisotopic (exact) mass is 361 g/mol. The van der Waals surface area contributed by atoms with E-state index in [0.29, 0.717) is 17.9 Å². The number of nitriles is 1. The molecular weight excluding hydrogens is 350 g/mol. The molecule has 3 nitrogen and oxygen atoms in total. The van der Waals surface area contributed by atoms with Crippen molar-refractivity contribution >= 4 is 23.2 Å². The van der Waals surface area contributed by atoms with Crippen molar-refractivity contribution in [3.05, 3.63) is 45.2 Å². The van der Waals surface area contributed by atoms with Gasteiger partial charge in [0.05, 0.1) is 15.6 Å². The van der Waals surface area contributed by atoms with Gasteiger partial charge in [-0.25, -0.2) is 4.68 Å². The molecule has 1 heterocycles. The topological polar surface area (TPSA) is 41.6 Å². The average Bonchev–Trinajstić information content (AvgIpc) is 2.78. The highest BCUT2D eigenvalue weighted by Crippen LogP contribution is 2.37. The highest BCUT2D eigenvalue weighted by atomic mass is 35.5. The summed E-state index contributed by atoms with van der Waals surface area (Å²) in [6, 6.07) is 3.55. The number of aromatic nitrogens is 2. The number of rotatable bonds is 3. The zero-order valence-electron chi connectivity index (χ0n) is 12.2. The maximum atomic E-state index is 12.8. The largest absolute Gasteiger partial charge is 0.416 e. The Morgan fingerprint density at radius 3 is 2.26 bits per heavy atom. The second kappa shape index (κ2) is 6.42. The predicted molar refractivity (Wildman–Crippen MR) is 81.8 cm³/mol. The first-order valence-electron chi connectivity index (χ1n) is 6.68. The highest BCUT2D eigenvalue weighted by molar-refractivity contribution is 6.37. The number of alkyl halides is 3. The molecule has 23 heavy (non-hydrogen) atoms. The van der Waals surface area contributed by atoms with Crippen LogP contribution < -0.4 is 0 Å². The molecular formula is C15H12Cl2F3N3. The van der Waals surface area contributed by atoms with E-state index in [1.165, 1.54) is 4.68 Å². The van der Waals surface area contributed by atoms with Crippen molar-refractivity contribution in [3.63, 3.8) is 0 Å². The van der Waals surface area contributed by atoms with Gasteiger partial charge in [-0.05, 0) is 24.5 Å². The van der Waals surface area contributed by atoms with E-state index < -0.39 is 11.7 Å². The molecule has 0 aliphatic heterocycles. The van der Waals surface area contributed by atoms with E-state index in [1.807, 2.05) is 19.9 Å². The molecule has 2 aromatic rings. The zero-order chi connectivity index (χ0) is 17.4. The number of halogens is 5. The molecule has 0 fully saturated rings. The summed E-state index contributed by atoms with van der Waals surface area (Å²) >= 11 is 11.9. The summed E-state index contributed by atoms with van der Waals surface area (Å²) in [7, 11) is 0. The standard InChI is InChI=1S/C15H12Cl2F3N3/c1-8(2)3-9-7-23(22-13(9)6-21)14-11(16)4-10(5-12(14)17)15(18,19)20/h4-5,7-8H,3H2,1-2H3. The van der Waals surface area contributed by atoms with Crippen molar-refractivity contribution in [2.75, 3.05) is 0 Å². The highest BCUT2D eigenvalue weighted by Gasteiger charge is 2.32. The molecule has 0 saturated carbocycles. The Labute approximate surface area is 141 Å². The maximum Gasteiger partial charge on any atom is 0.416 e. The second-order valence-electron chi connectivity index (χ2n) is 5.44. The quantitative estimate of drug-likeness (QED) is 0.747. The van der Waals surface area contributed by atoms with Crippen LogP contribution in [-0.4, -0.2) is 9.78 Å². The number of hydrogen-bond donors (Lipinski definition) is 0. The Morgan fingerprint density at radius 2 is 1.83 bits per heavy atom. The summed E-state index contributed by atoms with van der Waals surface area (Å²) in [5.74, 6) is 0.290. The third-order valence-electron chi connectivity index (χ3n) is 3.10. The number of hydrogen-bond acceptors (Lipinski definition) is 2. The minimum Gasteiger partial charge on any atom is -0.236 e. The van der Waals surface area contributed by atoms with E-state index in [4.69, 9.17) is 28.5 Å². The summed E-state index contributed by atoms with van der Waals surface area (Å²) in [5, 5.41) is 12.8. The molecule has 0 N–H and O–H groups in total. The van der Waals surface area contributed by atoms with Crippen LogP contribution in [0.15, 0.2) is 18.3 Å². The first kappa shape index (κ1) is 17.6. The molecule has 2 rings (SSSR count). The molecule has 0 bridgehead atoms. The summed E-state index contributed by atoms with van der Waals surface area (Å²) < 4.78 is 39.5. The normalized spacial score (nSPS) is 11.8. The Kier molecular flexibility index (Phi) is 4.92. The lowest BCUT2D eigenvalue weighted by molar-refractivity contribution is -0.137. The summed E-state index contributed by atoms with van der Waals surface area (Å²) in [6.45, 7) is 3.97. The van der Waals surface area contributed by atoms with Gasteiger partial charge in [0.25, 0.3) is 0 Å². The Hall–Kier alpha value is -1.71. The van der Waals surface area contributed by atoms with Crippen molar-refractivity contribution in [1.82, 2.24) is 9.78 Å². The number of nitrogens with zero attached hydrogens (tertiary/aromatic N) is 3. The van der Waals surface area contributed by atoms with Crippen LogP contribution in [0.5, 0.6) is 0 Å². The van der Waals surface area contributed by atoms with E-state index in [9.17, 15) is 13.2 Å². The first-order valence-corrected chi connectivity index (χ1v) is 7.44. The van der Waals surface area contributed by atoms with Gasteiger partial charge in [0.15, 0.2) is 5.69 Å². The SMILES string of the molecule is CC(C)Cc1cn(-c2c(Cl)cc(C(F)(F)F)cc2Cl)nc1C#N. The van der Waals surface area contributed by atoms with Crippen LogP contribution in [0.3, 0.4) is 0 Å². The van der Waals surface area contributed by atoms with Gasteiger partial charge in [0, 0.05) is 11.8 Å². The molecule has 0 aliphatic carbocycles. The molecule has 0 spiro atoms. The summed E-state index contributed by atoms with van der Waals surface area (Å²) in [4.78, 5) is 0. The Bertz CT molecular complexity index is 750. The van der Waals surface area contributed by atoms with Gasteiger partial charge in [-0.3, -0.25) is 0 Å². The van der Waals surface area contributed by atoms with Crippen molar-refractivity contribution in [3.8, 4) is 11.8 Å². The van der Waals surface area contributed by atoms with E-state index >= 15 is 0 Å². The van der Waals surface area contributed by atoms with Crippen LogP contribution in [0, 0.1) is 17.2 Å². The van der Waals surface area contributed by atoms with E-state index in [2.05, 4.69) is 5.10 Å². The average molecular weight is 362 g/mol. The van der Waals surface area contributed by atoms with Crippen molar-refractivity contribution in [2.24, 2.45) is 5.92 Å². The van der Waals surface area contributed by atoms with Crippen LogP contribution in [-0.2, 0) is 12.6 Å². The lowest BCUT2D eigenvalue weighted by atomic mass is 10.0. The number of benzene rings is 1. The molecule has 1 aromatic carbocycles. The molecule has 8 heteroatoms. The lowest BCUT2D eigenvalue weighted by Crippen LogP contribution is -2.07. The zero-order valence-corrected chi connectivity index (χ0v) is 13.8. The minimum atomic E-state index is -4.55. The lowest BCUT2D eigenvalue weighted by Gasteiger charge is -2.12. The van der Waals surface area contributed by atoms with Crippen LogP contribution in [0.2, 0.25) is 10.0 Å². The molecule has 1 aromatic heterocycles. The van der Waals surface area contributed by atoms with Gasteiger partial charge in [0.1, 0.15) is 11.8 Å². The van der Waals surface area contributed by atoms with E-state index in [0.717, 1.165) is 12.1 Å². The smallest absolute Gasteiger partial charge is 0.236 e. The van der Waals surface area contributed by atoms with Crippen LogP contribution in [0.4, 0.5) is 13.2 Å². The molecule has 0 radical (unpaired) electrons. The van der Waals surface area contributed by atoms with Gasteiger partial charge in [0.2, 0.25) is 0 Å². The van der Waals surface area contributed by atoms with Crippen LogP contribution >= 0.6 is 23.2 Å². The fourth-order valence-electron chi connectivity index (χ4n) is 2.16. The molecule has 0 saturated heterocycles. The maximum absolute atomic E-state index is 12.8. The first-order chi connectivity index (χ1) is 10.6. The van der Waals surface area contributed by atoms with Gasteiger partial charge in [-0.15, -0.1) is 0 Å². The third kappa shape index (κ3) is 3.80. The van der Waals surface area contributed by atoms with E-state index in [1.54, 1.807) is 6.20 Å². The fourth-order valence-corrected chi connectivity index (χ4v) is 2.82. The van der Waals surface area contributed by atoms with Crippen molar-refractivity contribution in [1.29, 1.82) is 5.26 Å². The van der Waals surface area contributed by atoms with Crippen LogP contribution in [0.25, 0.3) is 5.69 Å². The molecule has 122 valence electrons. The van der Waals surface area contributed by atoms with Gasteiger partial charge >= 0.3 is 6.18 Å². The van der Waals surface area contributed by atoms with Crippen LogP contribution in [0.1, 0.15) is 30.7 Å². The van der Waals surface area contributed by atoms with E-state index in [-0.39, 0.29) is 21.4 Å². The predicted octanol–water partition coefficient (Wildman–Crippen LogP) is 5.27. The third-order valence-corrected chi connectivity index (χ3v) is 3.67. The van der Waals surface area contributed by atoms with Gasteiger partial charge in [-0.2, -0.15) is 23.5 Å².